The van der Waals surface area contributed by atoms with E-state index in [0.29, 0.717) is 49.5 Å². The minimum absolute atomic E-state index is 0.0388. The second-order valence-electron chi connectivity index (χ2n) is 9.45. The van der Waals surface area contributed by atoms with Crippen LogP contribution in [0, 0.1) is 0 Å². The number of halogens is 2. The second-order valence-corrected chi connectivity index (χ2v) is 9.45. The second kappa shape index (κ2) is 8.14. The normalized spacial score (nSPS) is 30.4. The van der Waals surface area contributed by atoms with Crippen LogP contribution in [0.25, 0.3) is 0 Å². The van der Waals surface area contributed by atoms with E-state index in [4.69, 9.17) is 4.74 Å². The predicted molar refractivity (Wildman–Crippen MR) is 114 cm³/mol. The summed E-state index contributed by atoms with van der Waals surface area (Å²) >= 11 is 0. The number of rotatable bonds is 4. The van der Waals surface area contributed by atoms with Gasteiger partial charge in [-0.2, -0.15) is 0 Å². The highest BCUT2D eigenvalue weighted by molar-refractivity contribution is 6.01. The van der Waals surface area contributed by atoms with E-state index in [1.807, 2.05) is 12.1 Å². The number of ether oxygens (including phenoxy) is 1. The fourth-order valence-corrected chi connectivity index (χ4v) is 5.52. The highest BCUT2D eigenvalue weighted by atomic mass is 19.3. The smallest absolute Gasteiger partial charge is 0.255 e. The molecule has 32 heavy (non-hydrogen) atoms. The van der Waals surface area contributed by atoms with Gasteiger partial charge in [-0.05, 0) is 55.9 Å². The lowest BCUT2D eigenvalue weighted by Crippen LogP contribution is -2.49. The van der Waals surface area contributed by atoms with Crippen LogP contribution in [0.5, 0.6) is 5.75 Å². The zero-order valence-corrected chi connectivity index (χ0v) is 18.1. The zero-order valence-electron chi connectivity index (χ0n) is 18.1. The van der Waals surface area contributed by atoms with Gasteiger partial charge in [-0.25, -0.2) is 8.78 Å². The van der Waals surface area contributed by atoms with Crippen molar-refractivity contribution in [1.82, 2.24) is 15.1 Å². The van der Waals surface area contributed by atoms with Crippen LogP contribution in [0.3, 0.4) is 0 Å². The molecule has 0 spiro atoms. The molecule has 1 aromatic rings. The lowest BCUT2D eigenvalue weighted by atomic mass is 10.0. The number of likely N-dealkylation sites (tertiary alicyclic amines) is 1. The first kappa shape index (κ1) is 21.4. The molecule has 1 aliphatic carbocycles. The average molecular weight is 446 g/mol. The van der Waals surface area contributed by atoms with E-state index < -0.39 is 12.0 Å². The van der Waals surface area contributed by atoms with Crippen molar-refractivity contribution < 1.29 is 23.1 Å². The molecule has 3 fully saturated rings. The molecule has 2 amide bonds. The molecule has 3 aliphatic heterocycles. The van der Waals surface area contributed by atoms with Crippen molar-refractivity contribution in [2.24, 2.45) is 0 Å². The largest absolute Gasteiger partial charge is 0.489 e. The van der Waals surface area contributed by atoms with Gasteiger partial charge in [0.2, 0.25) is 5.91 Å². The number of nitrogens with one attached hydrogen (secondary N) is 1. The van der Waals surface area contributed by atoms with Gasteiger partial charge in [0.25, 0.3) is 11.8 Å². The van der Waals surface area contributed by atoms with Crippen LogP contribution in [-0.2, 0) is 11.3 Å². The Kier molecular flexibility index (Phi) is 5.43. The monoisotopic (exact) mass is 445 g/mol. The van der Waals surface area contributed by atoms with E-state index in [2.05, 4.69) is 16.8 Å². The number of hydrogen-bond acceptors (Lipinski definition) is 4. The number of allylic oxidation sites excluding steroid dienone is 1. The molecule has 8 heteroatoms. The van der Waals surface area contributed by atoms with Crippen LogP contribution in [0.2, 0.25) is 0 Å². The number of alkyl halides is 2. The molecule has 1 saturated carbocycles. The molecule has 2 saturated heterocycles. The van der Waals surface area contributed by atoms with Gasteiger partial charge >= 0.3 is 0 Å². The van der Waals surface area contributed by atoms with Crippen LogP contribution in [0.4, 0.5) is 8.78 Å². The maximum absolute atomic E-state index is 13.6. The molecule has 172 valence electrons. The number of fused-ring (bicyclic) bond motifs is 1. The number of nitrogens with zero attached hydrogens (tertiary/aromatic N) is 2. The Balaban J connectivity index is 1.26. The molecule has 0 bridgehead atoms. The first-order valence-electron chi connectivity index (χ1n) is 11.5. The fraction of sp³-hybridized carbons (Fsp3) is 0.583. The van der Waals surface area contributed by atoms with Crippen LogP contribution in [-0.4, -0.2) is 58.8 Å². The predicted octanol–water partition coefficient (Wildman–Crippen LogP) is 3.47. The van der Waals surface area contributed by atoms with E-state index in [-0.39, 0.29) is 36.8 Å². The highest BCUT2D eigenvalue weighted by Gasteiger charge is 2.41. The van der Waals surface area contributed by atoms with Gasteiger partial charge in [0.1, 0.15) is 17.9 Å². The molecule has 0 radical (unpaired) electrons. The van der Waals surface area contributed by atoms with Crippen molar-refractivity contribution in [2.45, 2.75) is 75.6 Å². The molecule has 3 atom stereocenters. The lowest BCUT2D eigenvalue weighted by molar-refractivity contribution is -0.126. The summed E-state index contributed by atoms with van der Waals surface area (Å²) < 4.78 is 33.4. The molecule has 1 N–H and O–H groups in total. The summed E-state index contributed by atoms with van der Waals surface area (Å²) in [6.45, 7) is 4.99. The molecule has 1 aromatic carbocycles. The van der Waals surface area contributed by atoms with Gasteiger partial charge < -0.3 is 15.0 Å². The van der Waals surface area contributed by atoms with E-state index in [1.54, 1.807) is 11.0 Å². The zero-order chi connectivity index (χ0) is 22.5. The lowest BCUT2D eigenvalue weighted by Gasteiger charge is -2.38. The maximum Gasteiger partial charge on any atom is 0.255 e. The van der Waals surface area contributed by atoms with Gasteiger partial charge in [0.15, 0.2) is 0 Å². The summed E-state index contributed by atoms with van der Waals surface area (Å²) in [5.74, 6) is -2.17. The number of amides is 2. The van der Waals surface area contributed by atoms with Crippen molar-refractivity contribution in [3.63, 3.8) is 0 Å². The number of piperidine rings is 2. The van der Waals surface area contributed by atoms with Crippen molar-refractivity contribution in [2.75, 3.05) is 13.1 Å². The standard InChI is InChI=1S/C24H29F2N3O3/c1-15-5-8-20(22(30)27-15)29-14-16-13-17(6-7-18(16)23(29)31)32-21-4-2-3-19(21)28-11-9-24(25,26)10-12-28/h6-7,13,19-21H,1-5,8-12,14H2,(H,27,30)/t19-,20?,21-/m0/s1. The Morgan fingerprint density at radius 2 is 1.91 bits per heavy atom. The fourth-order valence-electron chi connectivity index (χ4n) is 5.52. The number of carbonyl (C=O) groups is 2. The molecule has 0 aromatic heterocycles. The van der Waals surface area contributed by atoms with E-state index in [0.717, 1.165) is 24.8 Å². The molecular weight excluding hydrogens is 416 g/mol. The molecule has 5 rings (SSSR count). The third-order valence-electron chi connectivity index (χ3n) is 7.31. The van der Waals surface area contributed by atoms with Crippen molar-refractivity contribution in [3.8, 4) is 5.75 Å². The van der Waals surface area contributed by atoms with Crippen LogP contribution >= 0.6 is 0 Å². The van der Waals surface area contributed by atoms with E-state index in [9.17, 15) is 18.4 Å². The summed E-state index contributed by atoms with van der Waals surface area (Å²) in [5.41, 5.74) is 2.15. The quantitative estimate of drug-likeness (QED) is 0.771. The van der Waals surface area contributed by atoms with Crippen LogP contribution in [0.15, 0.2) is 30.5 Å². The molecule has 6 nitrogen and oxygen atoms in total. The van der Waals surface area contributed by atoms with Crippen LogP contribution in [0.1, 0.15) is 60.9 Å². The SMILES string of the molecule is C=C1CCC(N2Cc3cc(O[C@H]4CCC[C@@H]4N4CCC(F)(F)CC4)ccc3C2=O)C(=O)N1. The molecule has 4 aliphatic rings. The Morgan fingerprint density at radius 1 is 1.12 bits per heavy atom. The number of hydrogen-bond donors (Lipinski definition) is 1. The van der Waals surface area contributed by atoms with Crippen LogP contribution < -0.4 is 10.1 Å². The summed E-state index contributed by atoms with van der Waals surface area (Å²) in [7, 11) is 0. The minimum atomic E-state index is -2.55. The average Bonchev–Trinajstić information content (AvgIpc) is 3.33. The van der Waals surface area contributed by atoms with Gasteiger partial charge in [0.05, 0.1) is 0 Å². The number of carbonyl (C=O) groups excluding carboxylic acids is 2. The van der Waals surface area contributed by atoms with Crippen molar-refractivity contribution in [3.05, 3.63) is 41.6 Å². The molecule has 1 unspecified atom stereocenters. The van der Waals surface area contributed by atoms with Gasteiger partial charge in [-0.15, -0.1) is 0 Å². The Bertz CT molecular complexity index is 940. The first-order chi connectivity index (χ1) is 15.3. The van der Waals surface area contributed by atoms with Crippen molar-refractivity contribution >= 4 is 11.8 Å². The Hall–Kier alpha value is -2.48. The van der Waals surface area contributed by atoms with Crippen molar-refractivity contribution in [1.29, 1.82) is 0 Å². The summed E-state index contributed by atoms with van der Waals surface area (Å²) in [4.78, 5) is 29.1. The van der Waals surface area contributed by atoms with Gasteiger partial charge in [-0.1, -0.05) is 6.58 Å². The highest BCUT2D eigenvalue weighted by Crippen LogP contribution is 2.36. The summed E-state index contributed by atoms with van der Waals surface area (Å²) in [6.07, 6.45) is 3.89. The topological polar surface area (TPSA) is 61.9 Å². The Labute approximate surface area is 186 Å². The number of benzene rings is 1. The van der Waals surface area contributed by atoms with E-state index in [1.165, 1.54) is 0 Å². The Morgan fingerprint density at radius 3 is 2.66 bits per heavy atom. The summed E-state index contributed by atoms with van der Waals surface area (Å²) in [6, 6.07) is 5.14. The van der Waals surface area contributed by atoms with Gasteiger partial charge in [-0.3, -0.25) is 14.5 Å². The van der Waals surface area contributed by atoms with E-state index >= 15 is 0 Å². The first-order valence-corrected chi connectivity index (χ1v) is 11.5. The molecular formula is C24H29F2N3O3. The minimum Gasteiger partial charge on any atom is -0.489 e. The molecule has 3 heterocycles. The maximum atomic E-state index is 13.6. The summed E-state index contributed by atoms with van der Waals surface area (Å²) in [5, 5.41) is 2.75. The third kappa shape index (κ3) is 4.00. The van der Waals surface area contributed by atoms with Gasteiger partial charge in [0, 0.05) is 49.8 Å². The third-order valence-corrected chi connectivity index (χ3v) is 7.31.